The maximum absolute atomic E-state index is 13.6. The summed E-state index contributed by atoms with van der Waals surface area (Å²) < 4.78 is 40.7. The summed E-state index contributed by atoms with van der Waals surface area (Å²) in [5.41, 5.74) is 6.67. The molecule has 9 heteroatoms. The molecule has 1 heterocycles. The van der Waals surface area contributed by atoms with Crippen LogP contribution in [0.4, 0.5) is 30.6 Å². The Morgan fingerprint density at radius 2 is 1.87 bits per heavy atom. The van der Waals surface area contributed by atoms with Crippen molar-refractivity contribution >= 4 is 23.4 Å². The second-order valence-corrected chi connectivity index (χ2v) is 6.99. The van der Waals surface area contributed by atoms with Crippen molar-refractivity contribution in [1.82, 2.24) is 9.97 Å². The number of nitrogens with zero attached hydrogens (tertiary/aromatic N) is 2. The monoisotopic (exact) mass is 429 g/mol. The van der Waals surface area contributed by atoms with Gasteiger partial charge in [0, 0.05) is 17.4 Å². The summed E-state index contributed by atoms with van der Waals surface area (Å²) in [6.45, 7) is 3.65. The molecule has 0 radical (unpaired) electrons. The Kier molecular flexibility index (Phi) is 6.43. The number of nitrogens with two attached hydrogens (primary N) is 1. The third kappa shape index (κ3) is 5.30. The zero-order chi connectivity index (χ0) is 22.6. The van der Waals surface area contributed by atoms with E-state index < -0.39 is 17.6 Å². The maximum Gasteiger partial charge on any atom is 0.421 e. The minimum absolute atomic E-state index is 0.0388. The summed E-state index contributed by atoms with van der Waals surface area (Å²) in [4.78, 5) is 19.4. The Hall–Kier alpha value is -3.62. The van der Waals surface area contributed by atoms with Gasteiger partial charge in [0.1, 0.15) is 11.4 Å². The molecule has 4 N–H and O–H groups in total. The van der Waals surface area contributed by atoms with E-state index in [0.717, 1.165) is 17.3 Å². The average Bonchev–Trinajstić information content (AvgIpc) is 2.73. The summed E-state index contributed by atoms with van der Waals surface area (Å²) in [6.07, 6.45) is -3.34. The van der Waals surface area contributed by atoms with Crippen molar-refractivity contribution < 1.29 is 18.0 Å². The lowest BCUT2D eigenvalue weighted by Crippen LogP contribution is -2.18. The van der Waals surface area contributed by atoms with Gasteiger partial charge in [0.15, 0.2) is 0 Å². The fraction of sp³-hybridized carbons (Fsp3) is 0.227. The predicted molar refractivity (Wildman–Crippen MR) is 113 cm³/mol. The molecule has 6 nitrogen and oxygen atoms in total. The van der Waals surface area contributed by atoms with Crippen LogP contribution in [0.3, 0.4) is 0 Å². The number of halogens is 3. The van der Waals surface area contributed by atoms with Crippen molar-refractivity contribution in [2.75, 3.05) is 10.6 Å². The van der Waals surface area contributed by atoms with Gasteiger partial charge in [-0.15, -0.1) is 0 Å². The predicted octanol–water partition coefficient (Wildman–Crippen LogP) is 5.21. The van der Waals surface area contributed by atoms with Crippen LogP contribution in [-0.4, -0.2) is 15.9 Å². The van der Waals surface area contributed by atoms with E-state index in [1.54, 1.807) is 19.1 Å². The van der Waals surface area contributed by atoms with Gasteiger partial charge >= 0.3 is 6.18 Å². The molecule has 0 spiro atoms. The number of benzene rings is 2. The van der Waals surface area contributed by atoms with E-state index >= 15 is 0 Å². The van der Waals surface area contributed by atoms with Gasteiger partial charge in [-0.1, -0.05) is 43.3 Å². The second kappa shape index (κ2) is 9.03. The molecule has 0 aliphatic carbocycles. The first kappa shape index (κ1) is 22.1. The van der Waals surface area contributed by atoms with Gasteiger partial charge in [0.05, 0.1) is 6.04 Å². The van der Waals surface area contributed by atoms with Crippen LogP contribution in [-0.2, 0) is 6.18 Å². The second-order valence-electron chi connectivity index (χ2n) is 6.99. The molecule has 1 unspecified atom stereocenters. The van der Waals surface area contributed by atoms with Gasteiger partial charge < -0.3 is 16.4 Å². The molecule has 3 rings (SSSR count). The molecule has 0 aliphatic rings. The first-order valence-electron chi connectivity index (χ1n) is 9.62. The molecule has 0 saturated carbocycles. The van der Waals surface area contributed by atoms with Crippen molar-refractivity contribution in [3.8, 4) is 0 Å². The van der Waals surface area contributed by atoms with Crippen molar-refractivity contribution in [2.45, 2.75) is 32.5 Å². The van der Waals surface area contributed by atoms with Gasteiger partial charge in [-0.3, -0.25) is 4.79 Å². The Morgan fingerprint density at radius 1 is 1.16 bits per heavy atom. The van der Waals surface area contributed by atoms with E-state index in [4.69, 9.17) is 5.73 Å². The fourth-order valence-electron chi connectivity index (χ4n) is 3.06. The van der Waals surface area contributed by atoms with Crippen LogP contribution in [0.25, 0.3) is 0 Å². The molecule has 1 atom stereocenters. The highest BCUT2D eigenvalue weighted by Crippen LogP contribution is 2.36. The molecule has 1 aromatic heterocycles. The normalized spacial score (nSPS) is 12.3. The number of primary amides is 1. The summed E-state index contributed by atoms with van der Waals surface area (Å²) >= 11 is 0. The van der Waals surface area contributed by atoms with Crippen molar-refractivity contribution in [1.29, 1.82) is 0 Å². The Balaban J connectivity index is 1.98. The Labute approximate surface area is 177 Å². The number of carbonyl (C=O) groups excluding carboxylic acids is 1. The first-order valence-corrected chi connectivity index (χ1v) is 9.62. The van der Waals surface area contributed by atoms with Crippen LogP contribution in [0.5, 0.6) is 0 Å². The van der Waals surface area contributed by atoms with E-state index in [9.17, 15) is 18.0 Å². The molecule has 3 aromatic rings. The van der Waals surface area contributed by atoms with Gasteiger partial charge in [0.25, 0.3) is 0 Å². The molecule has 162 valence electrons. The summed E-state index contributed by atoms with van der Waals surface area (Å²) in [7, 11) is 0. The molecule has 0 fully saturated rings. The number of carbonyl (C=O) groups is 1. The summed E-state index contributed by atoms with van der Waals surface area (Å²) in [5, 5.41) is 5.79. The number of alkyl halides is 3. The largest absolute Gasteiger partial charge is 0.421 e. The van der Waals surface area contributed by atoms with E-state index in [-0.39, 0.29) is 23.4 Å². The van der Waals surface area contributed by atoms with E-state index in [2.05, 4.69) is 20.6 Å². The minimum atomic E-state index is -4.63. The third-order valence-electron chi connectivity index (χ3n) is 4.78. The Morgan fingerprint density at radius 3 is 2.48 bits per heavy atom. The lowest BCUT2D eigenvalue weighted by molar-refractivity contribution is -0.137. The Bertz CT molecular complexity index is 1070. The van der Waals surface area contributed by atoms with E-state index in [0.29, 0.717) is 12.1 Å². The molecule has 2 aromatic carbocycles. The zero-order valence-electron chi connectivity index (χ0n) is 17.0. The number of aryl methyl sites for hydroxylation is 1. The highest BCUT2D eigenvalue weighted by atomic mass is 19.4. The maximum atomic E-state index is 13.6. The minimum Gasteiger partial charge on any atom is -0.366 e. The summed E-state index contributed by atoms with van der Waals surface area (Å²) in [5.74, 6) is -0.986. The lowest BCUT2D eigenvalue weighted by Gasteiger charge is -2.21. The molecular formula is C22H22F3N5O. The number of anilines is 3. The number of nitrogens with one attached hydrogen (secondary N) is 2. The van der Waals surface area contributed by atoms with Crippen LogP contribution in [0.1, 0.15) is 46.4 Å². The number of hydrogen-bond donors (Lipinski definition) is 3. The number of amides is 1. The number of rotatable bonds is 7. The molecule has 0 aliphatic heterocycles. The highest BCUT2D eigenvalue weighted by molar-refractivity contribution is 5.94. The van der Waals surface area contributed by atoms with Crippen LogP contribution in [0, 0.1) is 6.92 Å². The van der Waals surface area contributed by atoms with Gasteiger partial charge in [-0.2, -0.15) is 18.2 Å². The molecule has 0 saturated heterocycles. The summed E-state index contributed by atoms with van der Waals surface area (Å²) in [6, 6.07) is 13.5. The number of hydrogen-bond acceptors (Lipinski definition) is 5. The van der Waals surface area contributed by atoms with E-state index in [1.165, 1.54) is 6.07 Å². The standard InChI is InChI=1S/C22H22F3N5O/c1-3-17(14-7-5-4-6-8-14)28-20-16(22(23,24)25)12-27-21(30-20)29-18-11-15(19(26)31)10-9-13(18)2/h4-12,17H,3H2,1-2H3,(H2,26,31)(H2,27,28,29,30). The zero-order valence-corrected chi connectivity index (χ0v) is 17.0. The molecule has 1 amide bonds. The van der Waals surface area contributed by atoms with Gasteiger partial charge in [-0.25, -0.2) is 4.98 Å². The van der Waals surface area contributed by atoms with Crippen LogP contribution < -0.4 is 16.4 Å². The lowest BCUT2D eigenvalue weighted by atomic mass is 10.0. The van der Waals surface area contributed by atoms with Crippen molar-refractivity contribution in [2.24, 2.45) is 5.73 Å². The van der Waals surface area contributed by atoms with Gasteiger partial charge in [-0.05, 0) is 36.6 Å². The molecular weight excluding hydrogens is 407 g/mol. The third-order valence-corrected chi connectivity index (χ3v) is 4.78. The van der Waals surface area contributed by atoms with Crippen LogP contribution in [0.15, 0.2) is 54.7 Å². The highest BCUT2D eigenvalue weighted by Gasteiger charge is 2.36. The number of aromatic nitrogens is 2. The molecule has 0 bridgehead atoms. The molecule has 31 heavy (non-hydrogen) atoms. The first-order chi connectivity index (χ1) is 14.7. The smallest absolute Gasteiger partial charge is 0.366 e. The SMILES string of the molecule is CCC(Nc1nc(Nc2cc(C(N)=O)ccc2C)ncc1C(F)(F)F)c1ccccc1. The topological polar surface area (TPSA) is 92.9 Å². The van der Waals surface area contributed by atoms with Crippen molar-refractivity contribution in [3.63, 3.8) is 0 Å². The van der Waals surface area contributed by atoms with Crippen LogP contribution in [0.2, 0.25) is 0 Å². The van der Waals surface area contributed by atoms with Crippen molar-refractivity contribution in [3.05, 3.63) is 77.0 Å². The quantitative estimate of drug-likeness (QED) is 0.479. The fourth-order valence-corrected chi connectivity index (χ4v) is 3.06. The van der Waals surface area contributed by atoms with Gasteiger partial charge in [0.2, 0.25) is 11.9 Å². The average molecular weight is 429 g/mol. The van der Waals surface area contributed by atoms with E-state index in [1.807, 2.05) is 37.3 Å². The van der Waals surface area contributed by atoms with Crippen LogP contribution >= 0.6 is 0 Å².